The molecular weight excluding hydrogens is 374 g/mol. The van der Waals surface area contributed by atoms with Crippen LogP contribution in [0.5, 0.6) is 0 Å². The summed E-state index contributed by atoms with van der Waals surface area (Å²) in [5.74, 6) is -6.76. The minimum Gasteiger partial charge on any atom is -0.469 e. The van der Waals surface area contributed by atoms with Gasteiger partial charge in [-0.2, -0.15) is 26.3 Å². The van der Waals surface area contributed by atoms with E-state index in [1.165, 1.54) is 7.11 Å². The number of ketones is 3. The Balaban J connectivity index is 0. The van der Waals surface area contributed by atoms with Gasteiger partial charge >= 0.3 is 29.9 Å². The van der Waals surface area contributed by atoms with E-state index in [1.807, 2.05) is 20.8 Å². The van der Waals surface area contributed by atoms with E-state index in [0.29, 0.717) is 12.8 Å². The quantitative estimate of drug-likeness (QED) is 0.298. The van der Waals surface area contributed by atoms with E-state index in [2.05, 4.69) is 4.74 Å². The number of esters is 1. The molecule has 0 radical (unpaired) electrons. The summed E-state index contributed by atoms with van der Waals surface area (Å²) in [4.78, 5) is 41.4. The Labute approximate surface area is 146 Å². The van der Waals surface area contributed by atoms with E-state index in [9.17, 15) is 45.5 Å². The summed E-state index contributed by atoms with van der Waals surface area (Å²) in [7, 11) is 1.38. The van der Waals surface area contributed by atoms with E-state index in [0.717, 1.165) is 12.8 Å². The van der Waals surface area contributed by atoms with Gasteiger partial charge in [-0.25, -0.2) is 0 Å². The van der Waals surface area contributed by atoms with E-state index < -0.39 is 23.9 Å². The first-order valence-corrected chi connectivity index (χ1v) is 7.27. The van der Waals surface area contributed by atoms with Crippen molar-refractivity contribution in [3.63, 3.8) is 0 Å². The number of unbranched alkanes of at least 4 members (excludes halogenated alkanes) is 1. The zero-order chi connectivity index (χ0) is 21.3. The van der Waals surface area contributed by atoms with Gasteiger partial charge in [-0.05, 0) is 12.8 Å². The molecule has 26 heavy (non-hydrogen) atoms. The first-order chi connectivity index (χ1) is 11.4. The molecule has 0 atom stereocenters. The average Bonchev–Trinajstić information content (AvgIpc) is 2.47. The van der Waals surface area contributed by atoms with Gasteiger partial charge in [0.2, 0.25) is 0 Å². The highest BCUT2D eigenvalue weighted by molar-refractivity contribution is 6.41. The van der Waals surface area contributed by atoms with Crippen molar-refractivity contribution >= 4 is 23.3 Å². The van der Waals surface area contributed by atoms with Crippen LogP contribution >= 0.6 is 0 Å². The van der Waals surface area contributed by atoms with Crippen molar-refractivity contribution in [3.05, 3.63) is 0 Å². The number of ether oxygens (including phenoxy) is 1. The second-order valence-corrected chi connectivity index (χ2v) is 6.11. The van der Waals surface area contributed by atoms with Crippen molar-refractivity contribution in [2.45, 2.75) is 58.8 Å². The molecular formula is C15H20F6O5. The maximum Gasteiger partial charge on any atom is 0.458 e. The molecule has 0 saturated heterocycles. The number of carbonyl (C=O) groups excluding carboxylic acids is 4. The standard InChI is InChI=1S/C11H20O3.C4F6O2/c1-11(2,3)9(12)7-5-6-8-10(13)14-4;5-3(6,7)1(11)2(12)4(8,9)10/h5-8H2,1-4H3;. The van der Waals surface area contributed by atoms with Gasteiger partial charge in [-0.15, -0.1) is 0 Å². The molecule has 0 unspecified atom stereocenters. The third kappa shape index (κ3) is 11.6. The molecule has 0 bridgehead atoms. The highest BCUT2D eigenvalue weighted by Gasteiger charge is 2.54. The fourth-order valence-electron chi connectivity index (χ4n) is 1.29. The molecule has 0 aromatic carbocycles. The lowest BCUT2D eigenvalue weighted by Crippen LogP contribution is -2.39. The number of carbonyl (C=O) groups is 4. The monoisotopic (exact) mass is 394 g/mol. The minimum absolute atomic E-state index is 0.201. The fourth-order valence-corrected chi connectivity index (χ4v) is 1.29. The van der Waals surface area contributed by atoms with Gasteiger partial charge in [0, 0.05) is 18.3 Å². The van der Waals surface area contributed by atoms with Gasteiger partial charge in [-0.3, -0.25) is 19.2 Å². The lowest BCUT2D eigenvalue weighted by molar-refractivity contribution is -0.193. The van der Waals surface area contributed by atoms with E-state index in [1.54, 1.807) is 0 Å². The smallest absolute Gasteiger partial charge is 0.458 e. The Hall–Kier alpha value is -1.94. The van der Waals surface area contributed by atoms with Crippen LogP contribution in [0.25, 0.3) is 0 Å². The van der Waals surface area contributed by atoms with Gasteiger partial charge in [0.1, 0.15) is 5.78 Å². The van der Waals surface area contributed by atoms with Crippen molar-refractivity contribution in [1.29, 1.82) is 0 Å². The highest BCUT2D eigenvalue weighted by atomic mass is 19.4. The Morgan fingerprint density at radius 3 is 1.35 bits per heavy atom. The van der Waals surface area contributed by atoms with Crippen LogP contribution in [0, 0.1) is 5.41 Å². The Morgan fingerprint density at radius 1 is 0.731 bits per heavy atom. The molecule has 11 heteroatoms. The van der Waals surface area contributed by atoms with E-state index in [4.69, 9.17) is 0 Å². The molecule has 0 aromatic heterocycles. The number of hydrogen-bond donors (Lipinski definition) is 0. The number of alkyl halides is 6. The molecule has 0 aliphatic carbocycles. The molecule has 0 aliphatic heterocycles. The van der Waals surface area contributed by atoms with Crippen LogP contribution in [-0.4, -0.2) is 42.8 Å². The van der Waals surface area contributed by atoms with E-state index in [-0.39, 0.29) is 17.2 Å². The molecule has 0 spiro atoms. The van der Waals surface area contributed by atoms with Crippen molar-refractivity contribution in [3.8, 4) is 0 Å². The molecule has 0 N–H and O–H groups in total. The zero-order valence-electron chi connectivity index (χ0n) is 14.6. The minimum atomic E-state index is -5.77. The van der Waals surface area contributed by atoms with Crippen LogP contribution in [0.4, 0.5) is 26.3 Å². The van der Waals surface area contributed by atoms with Crippen molar-refractivity contribution in [1.82, 2.24) is 0 Å². The van der Waals surface area contributed by atoms with Crippen LogP contribution in [0.3, 0.4) is 0 Å². The fraction of sp³-hybridized carbons (Fsp3) is 0.733. The molecule has 0 aromatic rings. The van der Waals surface area contributed by atoms with Crippen LogP contribution in [0.1, 0.15) is 46.5 Å². The maximum absolute atomic E-state index is 11.5. The molecule has 0 amide bonds. The molecule has 5 nitrogen and oxygen atoms in total. The van der Waals surface area contributed by atoms with Crippen LogP contribution < -0.4 is 0 Å². The average molecular weight is 394 g/mol. The molecule has 0 heterocycles. The number of hydrogen-bond acceptors (Lipinski definition) is 5. The second-order valence-electron chi connectivity index (χ2n) is 6.11. The van der Waals surface area contributed by atoms with Gasteiger partial charge in [-0.1, -0.05) is 20.8 Å². The number of halogens is 6. The molecule has 0 fully saturated rings. The maximum atomic E-state index is 11.5. The second kappa shape index (κ2) is 10.3. The largest absolute Gasteiger partial charge is 0.469 e. The van der Waals surface area contributed by atoms with Crippen LogP contribution in [-0.2, 0) is 23.9 Å². The highest BCUT2D eigenvalue weighted by Crippen LogP contribution is 2.24. The first kappa shape index (κ1) is 26.3. The predicted octanol–water partition coefficient (Wildman–Crippen LogP) is 3.58. The lowest BCUT2D eigenvalue weighted by atomic mass is 9.88. The van der Waals surface area contributed by atoms with Crippen molar-refractivity contribution in [2.24, 2.45) is 5.41 Å². The zero-order valence-corrected chi connectivity index (χ0v) is 14.6. The van der Waals surface area contributed by atoms with Gasteiger partial charge in [0.25, 0.3) is 0 Å². The molecule has 0 rings (SSSR count). The SMILES string of the molecule is COC(=O)CCCCC(=O)C(C)(C)C.O=C(C(=O)C(F)(F)F)C(F)(F)F. The predicted molar refractivity (Wildman–Crippen MR) is 77.1 cm³/mol. The Kier molecular flexibility index (Phi) is 10.4. The molecule has 0 saturated carbocycles. The van der Waals surface area contributed by atoms with E-state index >= 15 is 0 Å². The Bertz CT molecular complexity index is 490. The molecule has 0 aliphatic rings. The Morgan fingerprint density at radius 2 is 1.08 bits per heavy atom. The summed E-state index contributed by atoms with van der Waals surface area (Å²) in [6, 6.07) is 0. The van der Waals surface area contributed by atoms with Gasteiger partial charge in [0.05, 0.1) is 7.11 Å². The summed E-state index contributed by atoms with van der Waals surface area (Å²) in [5.41, 5.74) is -0.259. The first-order valence-electron chi connectivity index (χ1n) is 7.27. The number of methoxy groups -OCH3 is 1. The lowest BCUT2D eigenvalue weighted by Gasteiger charge is -2.15. The number of rotatable bonds is 6. The van der Waals surface area contributed by atoms with Gasteiger partial charge in [0.15, 0.2) is 0 Å². The van der Waals surface area contributed by atoms with Crippen molar-refractivity contribution < 1.29 is 50.3 Å². The summed E-state index contributed by atoms with van der Waals surface area (Å²) < 4.78 is 71.5. The topological polar surface area (TPSA) is 77.5 Å². The summed E-state index contributed by atoms with van der Waals surface area (Å²) in [6.45, 7) is 5.74. The van der Waals surface area contributed by atoms with Crippen LogP contribution in [0.2, 0.25) is 0 Å². The third-order valence-corrected chi connectivity index (χ3v) is 2.82. The summed E-state index contributed by atoms with van der Waals surface area (Å²) >= 11 is 0. The van der Waals surface area contributed by atoms with Gasteiger partial charge < -0.3 is 4.74 Å². The summed E-state index contributed by atoms with van der Waals surface area (Å²) in [5, 5.41) is 0. The van der Waals surface area contributed by atoms with Crippen molar-refractivity contribution in [2.75, 3.05) is 7.11 Å². The molecule has 152 valence electrons. The van der Waals surface area contributed by atoms with Crippen LogP contribution in [0.15, 0.2) is 0 Å². The third-order valence-electron chi connectivity index (χ3n) is 2.82. The summed E-state index contributed by atoms with van der Waals surface area (Å²) in [6.07, 6.45) is -9.08. The normalized spacial score (nSPS) is 11.9. The number of Topliss-reactive ketones (excluding diaryl/α,β-unsaturated/α-hetero) is 3.